The standard InChI is InChI=1S/C26H33ClFN5O2/c1-15-12-20(34)23-21(15)24(30-14-29-23)32-8-10-33(11-9-32)25(35)22(19-6-7-26(2,3)31-19)17-5-4-16(27)13-18(17)28/h4-5,13-15,19-20,22,31,34H,6-12H2,1-3H3/t15-,19+,20-,22+/m1/s1. The van der Waals surface area contributed by atoms with Crippen molar-refractivity contribution in [2.45, 2.75) is 69.6 Å². The predicted octanol–water partition coefficient (Wildman–Crippen LogP) is 3.77. The van der Waals surface area contributed by atoms with Crippen LogP contribution in [0.25, 0.3) is 0 Å². The van der Waals surface area contributed by atoms with Gasteiger partial charge >= 0.3 is 0 Å². The lowest BCUT2D eigenvalue weighted by molar-refractivity contribution is -0.133. The smallest absolute Gasteiger partial charge is 0.231 e. The first kappa shape index (κ1) is 24.4. The molecule has 7 nitrogen and oxygen atoms in total. The molecule has 0 spiro atoms. The first-order chi connectivity index (χ1) is 16.6. The molecule has 1 amide bonds. The largest absolute Gasteiger partial charge is 0.387 e. The Morgan fingerprint density at radius 2 is 2.00 bits per heavy atom. The molecular weight excluding hydrogens is 469 g/mol. The molecular formula is C26H33ClFN5O2. The summed E-state index contributed by atoms with van der Waals surface area (Å²) in [6.45, 7) is 8.61. The van der Waals surface area contributed by atoms with Gasteiger partial charge in [-0.25, -0.2) is 14.4 Å². The summed E-state index contributed by atoms with van der Waals surface area (Å²) >= 11 is 6.01. The molecule has 0 unspecified atom stereocenters. The number of rotatable bonds is 4. The van der Waals surface area contributed by atoms with Crippen LogP contribution in [0.1, 0.15) is 74.8 Å². The van der Waals surface area contributed by atoms with Crippen LogP contribution in [0, 0.1) is 5.82 Å². The molecule has 3 heterocycles. The van der Waals surface area contributed by atoms with Gasteiger partial charge < -0.3 is 20.2 Å². The molecule has 2 aliphatic heterocycles. The third kappa shape index (κ3) is 4.63. The Balaban J connectivity index is 1.36. The quantitative estimate of drug-likeness (QED) is 0.663. The number of fused-ring (bicyclic) bond motifs is 1. The SMILES string of the molecule is C[C@@H]1C[C@@H](O)c2ncnc(N3CCN(C(=O)[C@@H](c4ccc(Cl)cc4F)[C@@H]4CCC(C)(C)N4)CC3)c21. The van der Waals surface area contributed by atoms with E-state index in [0.29, 0.717) is 48.9 Å². The number of anilines is 1. The van der Waals surface area contributed by atoms with E-state index in [0.717, 1.165) is 24.2 Å². The Kier molecular flexibility index (Phi) is 6.48. The lowest BCUT2D eigenvalue weighted by Gasteiger charge is -2.39. The average molecular weight is 502 g/mol. The van der Waals surface area contributed by atoms with Crippen LogP contribution in [0.5, 0.6) is 0 Å². The Morgan fingerprint density at radius 1 is 1.26 bits per heavy atom. The Labute approximate surface area is 210 Å². The van der Waals surface area contributed by atoms with E-state index in [1.165, 1.54) is 12.4 Å². The zero-order valence-electron chi connectivity index (χ0n) is 20.5. The highest BCUT2D eigenvalue weighted by molar-refractivity contribution is 6.30. The number of nitrogens with zero attached hydrogens (tertiary/aromatic N) is 4. The second-order valence-electron chi connectivity index (χ2n) is 10.8. The van der Waals surface area contributed by atoms with Crippen LogP contribution < -0.4 is 10.2 Å². The molecule has 188 valence electrons. The van der Waals surface area contributed by atoms with Crippen LogP contribution >= 0.6 is 11.6 Å². The number of aliphatic hydroxyl groups excluding tert-OH is 1. The number of nitrogens with one attached hydrogen (secondary N) is 1. The third-order valence-corrected chi connectivity index (χ3v) is 8.03. The van der Waals surface area contributed by atoms with Crippen molar-refractivity contribution < 1.29 is 14.3 Å². The molecule has 9 heteroatoms. The maximum Gasteiger partial charge on any atom is 0.231 e. The molecule has 0 radical (unpaired) electrons. The number of hydrogen-bond donors (Lipinski definition) is 2. The molecule has 1 aromatic heterocycles. The maximum atomic E-state index is 15.0. The van der Waals surface area contributed by atoms with Gasteiger partial charge in [0.25, 0.3) is 0 Å². The van der Waals surface area contributed by atoms with Crippen LogP contribution in [0.3, 0.4) is 0 Å². The van der Waals surface area contributed by atoms with Crippen LogP contribution in [-0.2, 0) is 4.79 Å². The van der Waals surface area contributed by atoms with Gasteiger partial charge in [0.15, 0.2) is 0 Å². The molecule has 2 saturated heterocycles. The van der Waals surface area contributed by atoms with Gasteiger partial charge in [0.05, 0.1) is 17.7 Å². The molecule has 0 saturated carbocycles. The van der Waals surface area contributed by atoms with Crippen LogP contribution in [-0.4, -0.2) is 63.6 Å². The number of hydrogen-bond acceptors (Lipinski definition) is 6. The fraction of sp³-hybridized carbons (Fsp3) is 0.577. The summed E-state index contributed by atoms with van der Waals surface area (Å²) in [6, 6.07) is 4.46. The molecule has 2 fully saturated rings. The monoisotopic (exact) mass is 501 g/mol. The molecule has 1 aromatic carbocycles. The fourth-order valence-corrected chi connectivity index (χ4v) is 6.14. The van der Waals surface area contributed by atoms with Gasteiger partial charge in [-0.15, -0.1) is 0 Å². The van der Waals surface area contributed by atoms with Crippen LogP contribution in [0.4, 0.5) is 10.2 Å². The van der Waals surface area contributed by atoms with Crippen molar-refractivity contribution in [2.75, 3.05) is 31.1 Å². The van der Waals surface area contributed by atoms with Gasteiger partial charge in [-0.1, -0.05) is 24.6 Å². The van der Waals surface area contributed by atoms with Crippen molar-refractivity contribution in [3.63, 3.8) is 0 Å². The van der Waals surface area contributed by atoms with Gasteiger partial charge in [0, 0.05) is 53.9 Å². The van der Waals surface area contributed by atoms with Crippen molar-refractivity contribution in [1.82, 2.24) is 20.2 Å². The molecule has 2 aromatic rings. The maximum absolute atomic E-state index is 15.0. The van der Waals surface area contributed by atoms with E-state index in [1.54, 1.807) is 12.1 Å². The van der Waals surface area contributed by atoms with Gasteiger partial charge in [0.1, 0.15) is 18.0 Å². The van der Waals surface area contributed by atoms with E-state index >= 15 is 4.39 Å². The van der Waals surface area contributed by atoms with Gasteiger partial charge in [0.2, 0.25) is 5.91 Å². The molecule has 1 aliphatic carbocycles. The Hall–Kier alpha value is -2.29. The van der Waals surface area contributed by atoms with Crippen molar-refractivity contribution in [2.24, 2.45) is 0 Å². The molecule has 5 rings (SSSR count). The summed E-state index contributed by atoms with van der Waals surface area (Å²) in [7, 11) is 0. The highest BCUT2D eigenvalue weighted by Crippen LogP contribution is 2.43. The van der Waals surface area contributed by atoms with E-state index < -0.39 is 17.8 Å². The average Bonchev–Trinajstić information content (AvgIpc) is 3.33. The first-order valence-electron chi connectivity index (χ1n) is 12.4. The van der Waals surface area contributed by atoms with Crippen LogP contribution in [0.2, 0.25) is 5.02 Å². The molecule has 4 atom stereocenters. The summed E-state index contributed by atoms with van der Waals surface area (Å²) in [5.41, 5.74) is 2.03. The minimum atomic E-state index is -0.612. The van der Waals surface area contributed by atoms with E-state index in [9.17, 15) is 9.90 Å². The highest BCUT2D eigenvalue weighted by atomic mass is 35.5. The zero-order chi connectivity index (χ0) is 24.9. The van der Waals surface area contributed by atoms with Crippen molar-refractivity contribution >= 4 is 23.3 Å². The lowest BCUT2D eigenvalue weighted by Crippen LogP contribution is -2.53. The minimum absolute atomic E-state index is 0.0576. The second-order valence-corrected chi connectivity index (χ2v) is 11.2. The number of carbonyl (C=O) groups is 1. The summed E-state index contributed by atoms with van der Waals surface area (Å²) in [5, 5.41) is 14.2. The van der Waals surface area contributed by atoms with E-state index in [1.807, 2.05) is 4.90 Å². The highest BCUT2D eigenvalue weighted by Gasteiger charge is 2.42. The van der Waals surface area contributed by atoms with Gasteiger partial charge in [-0.2, -0.15) is 0 Å². The molecule has 3 aliphatic rings. The van der Waals surface area contributed by atoms with Crippen molar-refractivity contribution in [1.29, 1.82) is 0 Å². The normalized spacial score (nSPS) is 26.6. The molecule has 35 heavy (non-hydrogen) atoms. The van der Waals surface area contributed by atoms with Crippen molar-refractivity contribution in [3.05, 3.63) is 52.2 Å². The van der Waals surface area contributed by atoms with E-state index in [-0.39, 0.29) is 23.4 Å². The molecule has 2 N–H and O–H groups in total. The number of benzene rings is 1. The third-order valence-electron chi connectivity index (χ3n) is 7.79. The van der Waals surface area contributed by atoms with Crippen molar-refractivity contribution in [3.8, 4) is 0 Å². The predicted molar refractivity (Wildman–Crippen MR) is 133 cm³/mol. The number of halogens is 2. The second kappa shape index (κ2) is 9.30. The summed E-state index contributed by atoms with van der Waals surface area (Å²) < 4.78 is 15.0. The Morgan fingerprint density at radius 3 is 2.66 bits per heavy atom. The summed E-state index contributed by atoms with van der Waals surface area (Å²) in [5.74, 6) is -0.0718. The topological polar surface area (TPSA) is 81.6 Å². The number of piperazine rings is 1. The van der Waals surface area contributed by atoms with E-state index in [4.69, 9.17) is 11.6 Å². The summed E-state index contributed by atoms with van der Waals surface area (Å²) in [4.78, 5) is 26.7. The summed E-state index contributed by atoms with van der Waals surface area (Å²) in [6.07, 6.45) is 3.34. The number of aromatic nitrogens is 2. The van der Waals surface area contributed by atoms with Gasteiger partial charge in [-0.3, -0.25) is 4.79 Å². The minimum Gasteiger partial charge on any atom is -0.387 e. The zero-order valence-corrected chi connectivity index (χ0v) is 21.2. The first-order valence-corrected chi connectivity index (χ1v) is 12.8. The lowest BCUT2D eigenvalue weighted by atomic mass is 9.88. The Bertz CT molecular complexity index is 1120. The number of aliphatic hydroxyl groups is 1. The number of amides is 1. The number of carbonyl (C=O) groups excluding carboxylic acids is 1. The van der Waals surface area contributed by atoms with Crippen LogP contribution in [0.15, 0.2) is 24.5 Å². The molecule has 0 bridgehead atoms. The van der Waals surface area contributed by atoms with Gasteiger partial charge in [-0.05, 0) is 51.2 Å². The fourth-order valence-electron chi connectivity index (χ4n) is 5.98. The van der Waals surface area contributed by atoms with E-state index in [2.05, 4.69) is 41.0 Å².